The number of hydrogen-bond acceptors (Lipinski definition) is 2. The lowest BCUT2D eigenvalue weighted by Gasteiger charge is -2.51. The summed E-state index contributed by atoms with van der Waals surface area (Å²) in [5.41, 5.74) is 25.3. The van der Waals surface area contributed by atoms with E-state index in [4.69, 9.17) is 8.83 Å². The quantitative estimate of drug-likeness (QED) is 0.160. The molecule has 0 saturated carbocycles. The van der Waals surface area contributed by atoms with Gasteiger partial charge in [0.25, 0.3) is 0 Å². The molecule has 2 aliphatic carbocycles. The second kappa shape index (κ2) is 12.6. The van der Waals surface area contributed by atoms with E-state index < -0.39 is 8.07 Å². The van der Waals surface area contributed by atoms with E-state index in [2.05, 4.69) is 154 Å². The Morgan fingerprint density at radius 2 is 0.870 bits per heavy atom. The average Bonchev–Trinajstić information content (AvgIpc) is 3.87. The minimum atomic E-state index is -2.28. The molecule has 0 N–H and O–H groups in total. The third-order valence-electron chi connectivity index (χ3n) is 13.2. The molecule has 2 unspecified atom stereocenters. The summed E-state index contributed by atoms with van der Waals surface area (Å²) in [5.74, 6) is 3.99. The zero-order valence-electron chi connectivity index (χ0n) is 33.7. The molecule has 6 aromatic rings. The Hall–Kier alpha value is -4.86. The largest absolute Gasteiger partial charge is 0.462 e. The van der Waals surface area contributed by atoms with Crippen LogP contribution >= 0.6 is 0 Å². The van der Waals surface area contributed by atoms with Crippen LogP contribution in [-0.2, 0) is 0 Å². The summed E-state index contributed by atoms with van der Waals surface area (Å²) >= 11 is 0. The Morgan fingerprint density at radius 1 is 0.481 bits per heavy atom. The van der Waals surface area contributed by atoms with Crippen molar-refractivity contribution in [2.75, 3.05) is 0 Å². The Balaban J connectivity index is 1.33. The molecule has 3 heteroatoms. The van der Waals surface area contributed by atoms with Gasteiger partial charge < -0.3 is 8.83 Å². The molecule has 2 atom stereocenters. The summed E-state index contributed by atoms with van der Waals surface area (Å²) in [4.78, 5) is 0. The molecule has 0 bridgehead atoms. The molecule has 4 aromatic carbocycles. The van der Waals surface area contributed by atoms with Gasteiger partial charge in [0.2, 0.25) is 0 Å². The van der Waals surface area contributed by atoms with Crippen LogP contribution in [0.5, 0.6) is 0 Å². The van der Waals surface area contributed by atoms with Crippen molar-refractivity contribution in [3.8, 4) is 22.3 Å². The average molecular weight is 725 g/mol. The van der Waals surface area contributed by atoms with Gasteiger partial charge in [0, 0.05) is 22.2 Å². The third kappa shape index (κ3) is 5.34. The summed E-state index contributed by atoms with van der Waals surface area (Å²) < 4.78 is 13.3. The first-order valence-electron chi connectivity index (χ1n) is 19.9. The lowest BCUT2D eigenvalue weighted by molar-refractivity contribution is 0.518. The highest BCUT2D eigenvalue weighted by molar-refractivity contribution is 6.88. The van der Waals surface area contributed by atoms with E-state index in [1.165, 1.54) is 119 Å². The predicted molar refractivity (Wildman–Crippen MR) is 230 cm³/mol. The van der Waals surface area contributed by atoms with Gasteiger partial charge in [-0.15, -0.1) is 0 Å². The molecule has 0 radical (unpaired) electrons. The first-order valence-corrected chi connectivity index (χ1v) is 22.4. The highest BCUT2D eigenvalue weighted by atomic mass is 28.3. The highest BCUT2D eigenvalue weighted by Crippen LogP contribution is 2.65. The summed E-state index contributed by atoms with van der Waals surface area (Å²) in [5, 5.41) is 0. The van der Waals surface area contributed by atoms with Crippen LogP contribution in [0.2, 0.25) is 12.1 Å². The molecule has 0 spiro atoms. The first kappa shape index (κ1) is 34.9. The van der Waals surface area contributed by atoms with Crippen LogP contribution in [-0.4, -0.2) is 8.07 Å². The maximum Gasteiger partial charge on any atom is 0.130 e. The first-order chi connectivity index (χ1) is 25.8. The molecule has 2 nitrogen and oxygen atoms in total. The number of aryl methyl sites for hydroxylation is 8. The van der Waals surface area contributed by atoms with Crippen LogP contribution in [0.15, 0.2) is 81.6 Å². The molecule has 1 fully saturated rings. The Morgan fingerprint density at radius 3 is 1.19 bits per heavy atom. The topological polar surface area (TPSA) is 26.3 Å². The summed E-state index contributed by atoms with van der Waals surface area (Å²) in [6.07, 6.45) is 6.35. The third-order valence-corrected chi connectivity index (χ3v) is 19.3. The fourth-order valence-electron chi connectivity index (χ4n) is 10.7. The van der Waals surface area contributed by atoms with Crippen molar-refractivity contribution in [1.82, 2.24) is 0 Å². The number of benzene rings is 4. The number of fused-ring (bicyclic) bond motifs is 2. The van der Waals surface area contributed by atoms with Crippen LogP contribution in [0.3, 0.4) is 0 Å². The van der Waals surface area contributed by atoms with Crippen molar-refractivity contribution < 1.29 is 8.83 Å². The van der Waals surface area contributed by atoms with Gasteiger partial charge in [-0.1, -0.05) is 89.3 Å². The summed E-state index contributed by atoms with van der Waals surface area (Å²) in [7, 11) is -2.28. The van der Waals surface area contributed by atoms with Crippen molar-refractivity contribution in [3.05, 3.63) is 163 Å². The lowest BCUT2D eigenvalue weighted by atomic mass is 9.88. The Bertz CT molecular complexity index is 2380. The van der Waals surface area contributed by atoms with E-state index in [0.717, 1.165) is 23.0 Å². The molecule has 3 heterocycles. The molecule has 3 aliphatic rings. The van der Waals surface area contributed by atoms with E-state index in [-0.39, 0.29) is 11.1 Å². The van der Waals surface area contributed by atoms with Gasteiger partial charge in [-0.25, -0.2) is 0 Å². The number of rotatable bonds is 6. The number of furan rings is 2. The monoisotopic (exact) mass is 724 g/mol. The van der Waals surface area contributed by atoms with Crippen molar-refractivity contribution in [2.45, 2.75) is 98.8 Å². The molecular formula is C51H52O2Si. The molecule has 1 aliphatic heterocycles. The van der Waals surface area contributed by atoms with Gasteiger partial charge in [0.05, 0.1) is 8.07 Å². The second-order valence-corrected chi connectivity index (χ2v) is 21.7. The van der Waals surface area contributed by atoms with Gasteiger partial charge >= 0.3 is 0 Å². The van der Waals surface area contributed by atoms with Gasteiger partial charge in [-0.2, -0.15) is 0 Å². The molecule has 1 saturated heterocycles. The zero-order chi connectivity index (χ0) is 37.8. The van der Waals surface area contributed by atoms with Gasteiger partial charge in [0.1, 0.15) is 23.0 Å². The zero-order valence-corrected chi connectivity index (χ0v) is 34.7. The highest BCUT2D eigenvalue weighted by Gasteiger charge is 2.59. The Labute approximate surface area is 322 Å². The van der Waals surface area contributed by atoms with Crippen molar-refractivity contribution in [3.63, 3.8) is 0 Å². The standard InChI is InChI=1S/C51H52O2Si/c1-28-18-29(2)21-38(20-28)48-36(9)32(5)24-42-40(48)26-44(46-14-12-34(7)52-46)50(42)54(16-11-17-54)51-43-25-33(6)37(10)49(39-22-30(3)19-31(4)23-39)41(43)27-45(51)47-15-13-35(8)53-47/h12-15,18-27,50-51H,11,16-17H2,1-10H3. The maximum atomic E-state index is 6.64. The smallest absolute Gasteiger partial charge is 0.130 e. The Kier molecular flexibility index (Phi) is 8.14. The minimum Gasteiger partial charge on any atom is -0.462 e. The fourth-order valence-corrected chi connectivity index (χ4v) is 16.7. The van der Waals surface area contributed by atoms with E-state index in [0.29, 0.717) is 0 Å². The van der Waals surface area contributed by atoms with E-state index in [9.17, 15) is 0 Å². The summed E-state index contributed by atoms with van der Waals surface area (Å²) in [6.45, 7) is 22.4. The van der Waals surface area contributed by atoms with Crippen molar-refractivity contribution >= 4 is 31.4 Å². The number of hydrogen-bond donors (Lipinski definition) is 0. The van der Waals surface area contributed by atoms with Gasteiger partial charge in [-0.3, -0.25) is 0 Å². The molecule has 0 amide bonds. The predicted octanol–water partition coefficient (Wildman–Crippen LogP) is 14.2. The maximum absolute atomic E-state index is 6.64. The van der Waals surface area contributed by atoms with E-state index in [1.807, 2.05) is 0 Å². The van der Waals surface area contributed by atoms with Crippen LogP contribution in [0.1, 0.15) is 107 Å². The SMILES string of the molecule is Cc1cc(C)cc(-c2c(C)c(C)cc3c2C=C(c2ccc(C)o2)C3[Si]2(C3C(c4ccc(C)o4)=Cc4c3cc(C)c(C)c4-c3cc(C)cc(C)c3)CCC2)c1. The van der Waals surface area contributed by atoms with Crippen LogP contribution in [0, 0.1) is 69.2 Å². The molecular weight excluding hydrogens is 673 g/mol. The fraction of sp³-hybridized carbons (Fsp3) is 0.294. The van der Waals surface area contributed by atoms with E-state index in [1.54, 1.807) is 0 Å². The normalized spacial score (nSPS) is 18.3. The van der Waals surface area contributed by atoms with E-state index >= 15 is 0 Å². The molecule has 9 rings (SSSR count). The minimum absolute atomic E-state index is 0.289. The van der Waals surface area contributed by atoms with Crippen molar-refractivity contribution in [2.24, 2.45) is 0 Å². The summed E-state index contributed by atoms with van der Waals surface area (Å²) in [6, 6.07) is 30.6. The lowest BCUT2D eigenvalue weighted by Crippen LogP contribution is -2.53. The second-order valence-electron chi connectivity index (χ2n) is 17.1. The number of allylic oxidation sites excluding steroid dienone is 2. The van der Waals surface area contributed by atoms with Crippen LogP contribution < -0.4 is 0 Å². The van der Waals surface area contributed by atoms with Crippen LogP contribution in [0.4, 0.5) is 0 Å². The van der Waals surface area contributed by atoms with Gasteiger partial charge in [0.15, 0.2) is 0 Å². The van der Waals surface area contributed by atoms with Gasteiger partial charge in [-0.05, 0) is 172 Å². The van der Waals surface area contributed by atoms with Crippen LogP contribution in [0.25, 0.3) is 45.6 Å². The molecule has 272 valence electrons. The molecule has 2 aromatic heterocycles. The molecule has 54 heavy (non-hydrogen) atoms. The van der Waals surface area contributed by atoms with Crippen molar-refractivity contribution in [1.29, 1.82) is 0 Å².